The average Bonchev–Trinajstić information content (AvgIpc) is 2.70. The predicted octanol–water partition coefficient (Wildman–Crippen LogP) is 3.13. The first-order valence-corrected chi connectivity index (χ1v) is 5.41. The third-order valence-corrected chi connectivity index (χ3v) is 3.12. The molecule has 2 aromatic rings. The number of hydrogen-bond acceptors (Lipinski definition) is 2. The van der Waals surface area contributed by atoms with Gasteiger partial charge in [-0.05, 0) is 24.6 Å². The van der Waals surface area contributed by atoms with Gasteiger partial charge in [0.25, 0.3) is 0 Å². The summed E-state index contributed by atoms with van der Waals surface area (Å²) in [6, 6.07) is 10.2. The van der Waals surface area contributed by atoms with Crippen LogP contribution in [0.5, 0.6) is 0 Å². The van der Waals surface area contributed by atoms with Gasteiger partial charge >= 0.3 is 0 Å². The minimum absolute atomic E-state index is 0.377. The SMILES string of the molecule is CC(CN)C(C)c1cc2ccccc2o1. The third-order valence-electron chi connectivity index (χ3n) is 3.12. The highest BCUT2D eigenvalue weighted by atomic mass is 16.3. The fourth-order valence-electron chi connectivity index (χ4n) is 1.71. The number of fused-ring (bicyclic) bond motifs is 1. The topological polar surface area (TPSA) is 39.2 Å². The second-order valence-corrected chi connectivity index (χ2v) is 4.19. The molecule has 0 fully saturated rings. The molecule has 1 aromatic carbocycles. The van der Waals surface area contributed by atoms with E-state index in [-0.39, 0.29) is 0 Å². The van der Waals surface area contributed by atoms with Crippen LogP contribution in [0.4, 0.5) is 0 Å². The summed E-state index contributed by atoms with van der Waals surface area (Å²) in [5, 5.41) is 1.17. The Morgan fingerprint density at radius 2 is 2.00 bits per heavy atom. The van der Waals surface area contributed by atoms with E-state index in [2.05, 4.69) is 26.0 Å². The van der Waals surface area contributed by atoms with Gasteiger partial charge in [0.2, 0.25) is 0 Å². The Kier molecular flexibility index (Phi) is 2.78. The molecular weight excluding hydrogens is 186 g/mol. The van der Waals surface area contributed by atoms with Crippen LogP contribution in [0, 0.1) is 5.92 Å². The minimum Gasteiger partial charge on any atom is -0.461 e. The van der Waals surface area contributed by atoms with Crippen molar-refractivity contribution < 1.29 is 4.42 Å². The van der Waals surface area contributed by atoms with Gasteiger partial charge in [0.05, 0.1) is 0 Å². The molecule has 0 bridgehead atoms. The van der Waals surface area contributed by atoms with Crippen LogP contribution in [0.1, 0.15) is 25.5 Å². The molecule has 0 spiro atoms. The summed E-state index contributed by atoms with van der Waals surface area (Å²) in [6.45, 7) is 5.01. The monoisotopic (exact) mass is 203 g/mol. The standard InChI is InChI=1S/C13H17NO/c1-9(8-14)10(2)13-7-11-5-3-4-6-12(11)15-13/h3-7,9-10H,8,14H2,1-2H3. The van der Waals surface area contributed by atoms with Gasteiger partial charge in [-0.3, -0.25) is 0 Å². The maximum absolute atomic E-state index is 5.80. The first kappa shape index (κ1) is 10.2. The number of furan rings is 1. The zero-order chi connectivity index (χ0) is 10.8. The smallest absolute Gasteiger partial charge is 0.134 e. The zero-order valence-electron chi connectivity index (χ0n) is 9.23. The summed E-state index contributed by atoms with van der Waals surface area (Å²) in [5.74, 6) is 1.86. The van der Waals surface area contributed by atoms with Crippen molar-refractivity contribution in [3.63, 3.8) is 0 Å². The fourth-order valence-corrected chi connectivity index (χ4v) is 1.71. The summed E-state index contributed by atoms with van der Waals surface area (Å²) < 4.78 is 5.80. The number of nitrogens with two attached hydrogens (primary N) is 1. The highest BCUT2D eigenvalue weighted by Crippen LogP contribution is 2.29. The molecule has 0 aliphatic carbocycles. The van der Waals surface area contributed by atoms with Gasteiger partial charge in [-0.15, -0.1) is 0 Å². The molecule has 0 saturated heterocycles. The van der Waals surface area contributed by atoms with E-state index in [0.29, 0.717) is 18.4 Å². The third kappa shape index (κ3) is 1.90. The summed E-state index contributed by atoms with van der Waals surface area (Å²) in [5.41, 5.74) is 6.62. The van der Waals surface area contributed by atoms with Crippen LogP contribution in [0.3, 0.4) is 0 Å². The Balaban J connectivity index is 2.36. The van der Waals surface area contributed by atoms with Crippen molar-refractivity contribution in [2.45, 2.75) is 19.8 Å². The van der Waals surface area contributed by atoms with E-state index < -0.39 is 0 Å². The molecule has 2 N–H and O–H groups in total. The molecular formula is C13H17NO. The van der Waals surface area contributed by atoms with Gasteiger partial charge in [-0.25, -0.2) is 0 Å². The minimum atomic E-state index is 0.377. The Morgan fingerprint density at radius 1 is 1.27 bits per heavy atom. The van der Waals surface area contributed by atoms with Gasteiger partial charge in [0, 0.05) is 11.3 Å². The predicted molar refractivity (Wildman–Crippen MR) is 62.8 cm³/mol. The number of rotatable bonds is 3. The van der Waals surface area contributed by atoms with Crippen molar-refractivity contribution in [2.75, 3.05) is 6.54 Å². The molecule has 0 aliphatic heterocycles. The molecule has 1 heterocycles. The van der Waals surface area contributed by atoms with Crippen molar-refractivity contribution in [1.29, 1.82) is 0 Å². The highest BCUT2D eigenvalue weighted by molar-refractivity contribution is 5.77. The van der Waals surface area contributed by atoms with Gasteiger partial charge in [0.1, 0.15) is 11.3 Å². The summed E-state index contributed by atoms with van der Waals surface area (Å²) in [4.78, 5) is 0. The van der Waals surface area contributed by atoms with Gasteiger partial charge in [-0.1, -0.05) is 32.0 Å². The lowest BCUT2D eigenvalue weighted by atomic mass is 9.94. The lowest BCUT2D eigenvalue weighted by Crippen LogP contribution is -2.16. The van der Waals surface area contributed by atoms with Crippen LogP contribution in [0.25, 0.3) is 11.0 Å². The second-order valence-electron chi connectivity index (χ2n) is 4.19. The number of benzene rings is 1. The molecule has 80 valence electrons. The zero-order valence-corrected chi connectivity index (χ0v) is 9.23. The molecule has 15 heavy (non-hydrogen) atoms. The van der Waals surface area contributed by atoms with E-state index in [0.717, 1.165) is 11.3 Å². The molecule has 0 amide bonds. The Labute approximate surface area is 90.1 Å². The summed E-state index contributed by atoms with van der Waals surface area (Å²) in [6.07, 6.45) is 0. The van der Waals surface area contributed by atoms with Gasteiger partial charge < -0.3 is 10.2 Å². The fraction of sp³-hybridized carbons (Fsp3) is 0.385. The van der Waals surface area contributed by atoms with E-state index in [9.17, 15) is 0 Å². The maximum atomic E-state index is 5.80. The first-order chi connectivity index (χ1) is 7.22. The van der Waals surface area contributed by atoms with Crippen LogP contribution < -0.4 is 5.73 Å². The molecule has 2 unspecified atom stereocenters. The Hall–Kier alpha value is -1.28. The molecule has 2 heteroatoms. The number of hydrogen-bond donors (Lipinski definition) is 1. The Bertz CT molecular complexity index is 413. The Morgan fingerprint density at radius 3 is 2.67 bits per heavy atom. The van der Waals surface area contributed by atoms with Crippen molar-refractivity contribution in [2.24, 2.45) is 11.7 Å². The van der Waals surface area contributed by atoms with Gasteiger partial charge in [-0.2, -0.15) is 0 Å². The lowest BCUT2D eigenvalue weighted by molar-refractivity contribution is 0.416. The molecule has 0 saturated carbocycles. The van der Waals surface area contributed by atoms with Crippen molar-refractivity contribution in [3.8, 4) is 0 Å². The van der Waals surface area contributed by atoms with Crippen LogP contribution >= 0.6 is 0 Å². The van der Waals surface area contributed by atoms with E-state index in [4.69, 9.17) is 10.2 Å². The molecule has 2 atom stereocenters. The van der Waals surface area contributed by atoms with Gasteiger partial charge in [0.15, 0.2) is 0 Å². The quantitative estimate of drug-likeness (QED) is 0.832. The van der Waals surface area contributed by atoms with Crippen LogP contribution in [0.2, 0.25) is 0 Å². The van der Waals surface area contributed by atoms with Crippen LogP contribution in [-0.4, -0.2) is 6.54 Å². The molecule has 0 radical (unpaired) electrons. The van der Waals surface area contributed by atoms with Crippen LogP contribution in [0.15, 0.2) is 34.7 Å². The van der Waals surface area contributed by atoms with Crippen molar-refractivity contribution >= 4 is 11.0 Å². The van der Waals surface area contributed by atoms with E-state index in [1.54, 1.807) is 0 Å². The van der Waals surface area contributed by atoms with E-state index >= 15 is 0 Å². The lowest BCUT2D eigenvalue weighted by Gasteiger charge is -2.14. The van der Waals surface area contributed by atoms with Crippen molar-refractivity contribution in [1.82, 2.24) is 0 Å². The summed E-state index contributed by atoms with van der Waals surface area (Å²) in [7, 11) is 0. The molecule has 2 nitrogen and oxygen atoms in total. The van der Waals surface area contributed by atoms with E-state index in [1.165, 1.54) is 5.39 Å². The largest absolute Gasteiger partial charge is 0.461 e. The molecule has 2 rings (SSSR count). The molecule has 1 aromatic heterocycles. The number of para-hydroxylation sites is 1. The summed E-state index contributed by atoms with van der Waals surface area (Å²) >= 11 is 0. The van der Waals surface area contributed by atoms with Crippen molar-refractivity contribution in [3.05, 3.63) is 36.1 Å². The second kappa shape index (κ2) is 4.07. The average molecular weight is 203 g/mol. The first-order valence-electron chi connectivity index (χ1n) is 5.41. The van der Waals surface area contributed by atoms with E-state index in [1.807, 2.05) is 18.2 Å². The normalized spacial score (nSPS) is 15.4. The van der Waals surface area contributed by atoms with Crippen LogP contribution in [-0.2, 0) is 0 Å². The molecule has 0 aliphatic rings. The highest BCUT2D eigenvalue weighted by Gasteiger charge is 2.16. The maximum Gasteiger partial charge on any atom is 0.134 e.